The van der Waals surface area contributed by atoms with Crippen molar-refractivity contribution in [1.29, 1.82) is 0 Å². The van der Waals surface area contributed by atoms with Crippen molar-refractivity contribution < 1.29 is 4.79 Å². The van der Waals surface area contributed by atoms with Gasteiger partial charge in [0, 0.05) is 19.3 Å². The fraction of sp³-hybridized carbons (Fsp3) is 0.636. The molecule has 2 rings (SSSR count). The molecule has 1 aromatic rings. The van der Waals surface area contributed by atoms with E-state index in [1.165, 1.54) is 12.8 Å². The molecule has 0 atom stereocenters. The summed E-state index contributed by atoms with van der Waals surface area (Å²) in [6, 6.07) is 0.417. The third-order valence-electron chi connectivity index (χ3n) is 3.22. The van der Waals surface area contributed by atoms with Gasteiger partial charge in [-0.15, -0.1) is 0 Å². The van der Waals surface area contributed by atoms with Gasteiger partial charge in [0.2, 0.25) is 5.91 Å². The van der Waals surface area contributed by atoms with Crippen molar-refractivity contribution in [3.8, 4) is 0 Å². The number of amides is 1. The van der Waals surface area contributed by atoms with E-state index in [0.29, 0.717) is 11.7 Å². The fourth-order valence-electron chi connectivity index (χ4n) is 2.21. The van der Waals surface area contributed by atoms with Crippen LogP contribution in [0.3, 0.4) is 0 Å². The van der Waals surface area contributed by atoms with Gasteiger partial charge in [-0.05, 0) is 12.8 Å². The summed E-state index contributed by atoms with van der Waals surface area (Å²) in [7, 11) is 1.88. The highest BCUT2D eigenvalue weighted by Gasteiger charge is 2.23. The molecule has 1 aliphatic carbocycles. The second kappa shape index (κ2) is 4.55. The zero-order valence-electron chi connectivity index (χ0n) is 9.59. The van der Waals surface area contributed by atoms with E-state index >= 15 is 0 Å². The van der Waals surface area contributed by atoms with Gasteiger partial charge in [-0.2, -0.15) is 5.10 Å². The minimum Gasteiger partial charge on any atom is -0.396 e. The van der Waals surface area contributed by atoms with Crippen LogP contribution in [0, 0.1) is 0 Å². The lowest BCUT2D eigenvalue weighted by Crippen LogP contribution is -2.37. The molecule has 0 aromatic carbocycles. The van der Waals surface area contributed by atoms with Crippen LogP contribution in [0.15, 0.2) is 12.4 Å². The van der Waals surface area contributed by atoms with Gasteiger partial charge in [0.25, 0.3) is 0 Å². The van der Waals surface area contributed by atoms with Crippen molar-refractivity contribution >= 4 is 11.6 Å². The van der Waals surface area contributed by atoms with Crippen molar-refractivity contribution in [2.45, 2.75) is 38.3 Å². The summed E-state index contributed by atoms with van der Waals surface area (Å²) in [5, 5.41) is 4.01. The lowest BCUT2D eigenvalue weighted by molar-refractivity contribution is -0.132. The minimum absolute atomic E-state index is 0.106. The van der Waals surface area contributed by atoms with Gasteiger partial charge < -0.3 is 10.6 Å². The van der Waals surface area contributed by atoms with Crippen molar-refractivity contribution in [2.75, 3.05) is 12.8 Å². The number of nitrogens with zero attached hydrogens (tertiary/aromatic N) is 3. The molecule has 0 bridgehead atoms. The third-order valence-corrected chi connectivity index (χ3v) is 3.22. The highest BCUT2D eigenvalue weighted by molar-refractivity contribution is 5.76. The van der Waals surface area contributed by atoms with E-state index < -0.39 is 0 Å². The van der Waals surface area contributed by atoms with Gasteiger partial charge in [0.05, 0.1) is 11.9 Å². The van der Waals surface area contributed by atoms with Crippen LogP contribution in [-0.4, -0.2) is 33.7 Å². The number of aromatic nitrogens is 2. The Morgan fingerprint density at radius 2 is 2.31 bits per heavy atom. The molecule has 1 heterocycles. The van der Waals surface area contributed by atoms with Gasteiger partial charge in [-0.25, -0.2) is 0 Å². The van der Waals surface area contributed by atoms with Crippen LogP contribution in [-0.2, 0) is 11.3 Å². The molecule has 1 aliphatic rings. The fourth-order valence-corrected chi connectivity index (χ4v) is 2.21. The second-order valence-corrected chi connectivity index (χ2v) is 4.41. The van der Waals surface area contributed by atoms with Crippen molar-refractivity contribution in [2.24, 2.45) is 0 Å². The Morgan fingerprint density at radius 1 is 1.62 bits per heavy atom. The summed E-state index contributed by atoms with van der Waals surface area (Å²) < 4.78 is 1.59. The highest BCUT2D eigenvalue weighted by atomic mass is 16.2. The summed E-state index contributed by atoms with van der Waals surface area (Å²) in [5.74, 6) is 0.106. The predicted octanol–water partition coefficient (Wildman–Crippen LogP) is 0.866. The molecule has 88 valence electrons. The van der Waals surface area contributed by atoms with E-state index in [4.69, 9.17) is 5.73 Å². The molecular weight excluding hydrogens is 204 g/mol. The summed E-state index contributed by atoms with van der Waals surface area (Å²) in [6.45, 7) is 0.282. The van der Waals surface area contributed by atoms with Crippen LogP contribution in [0.2, 0.25) is 0 Å². The third kappa shape index (κ3) is 2.35. The molecule has 5 nitrogen and oxygen atoms in total. The molecule has 1 amide bonds. The molecule has 1 saturated carbocycles. The Kier molecular flexibility index (Phi) is 3.12. The monoisotopic (exact) mass is 222 g/mol. The highest BCUT2D eigenvalue weighted by Crippen LogP contribution is 2.22. The first-order chi connectivity index (χ1) is 7.66. The molecular formula is C11H18N4O. The molecule has 0 spiro atoms. The smallest absolute Gasteiger partial charge is 0.244 e. The topological polar surface area (TPSA) is 64.2 Å². The number of nitrogen functional groups attached to an aromatic ring is 1. The van der Waals surface area contributed by atoms with Crippen LogP contribution in [0.1, 0.15) is 25.7 Å². The average Bonchev–Trinajstić information content (AvgIpc) is 2.88. The number of hydrogen-bond acceptors (Lipinski definition) is 3. The maximum absolute atomic E-state index is 11.9. The van der Waals surface area contributed by atoms with Crippen molar-refractivity contribution in [3.63, 3.8) is 0 Å². The zero-order valence-corrected chi connectivity index (χ0v) is 9.59. The standard InChI is InChI=1S/C11H18N4O/c1-14(10-4-2-3-5-10)11(16)8-15-7-9(12)6-13-15/h6-7,10H,2-5,8,12H2,1H3. The zero-order chi connectivity index (χ0) is 11.5. The van der Waals surface area contributed by atoms with Crippen LogP contribution >= 0.6 is 0 Å². The molecule has 1 aromatic heterocycles. The Bertz CT molecular complexity index is 368. The van der Waals surface area contributed by atoms with Crippen LogP contribution in [0.5, 0.6) is 0 Å². The van der Waals surface area contributed by atoms with E-state index in [1.807, 2.05) is 11.9 Å². The molecule has 1 fully saturated rings. The van der Waals surface area contributed by atoms with E-state index in [2.05, 4.69) is 5.10 Å². The summed E-state index contributed by atoms with van der Waals surface area (Å²) in [5.41, 5.74) is 6.14. The molecule has 2 N–H and O–H groups in total. The number of anilines is 1. The normalized spacial score (nSPS) is 16.6. The second-order valence-electron chi connectivity index (χ2n) is 4.41. The van der Waals surface area contributed by atoms with Gasteiger partial charge in [-0.1, -0.05) is 12.8 Å². The average molecular weight is 222 g/mol. The first kappa shape index (κ1) is 11.0. The first-order valence-electron chi connectivity index (χ1n) is 5.70. The van der Waals surface area contributed by atoms with E-state index in [9.17, 15) is 4.79 Å². The first-order valence-corrected chi connectivity index (χ1v) is 5.70. The minimum atomic E-state index is 0.106. The predicted molar refractivity (Wildman–Crippen MR) is 61.7 cm³/mol. The lowest BCUT2D eigenvalue weighted by Gasteiger charge is -2.24. The summed E-state index contributed by atoms with van der Waals surface area (Å²) in [4.78, 5) is 13.8. The number of nitrogens with two attached hydrogens (primary N) is 1. The van der Waals surface area contributed by atoms with Crippen molar-refractivity contribution in [1.82, 2.24) is 14.7 Å². The Hall–Kier alpha value is -1.52. The number of likely N-dealkylation sites (N-methyl/N-ethyl adjacent to an activating group) is 1. The molecule has 5 heteroatoms. The SMILES string of the molecule is CN(C(=O)Cn1cc(N)cn1)C1CCCC1. The molecule has 16 heavy (non-hydrogen) atoms. The quantitative estimate of drug-likeness (QED) is 0.825. The van der Waals surface area contributed by atoms with E-state index in [-0.39, 0.29) is 12.5 Å². The maximum atomic E-state index is 11.9. The van der Waals surface area contributed by atoms with Crippen LogP contribution in [0.25, 0.3) is 0 Å². The largest absolute Gasteiger partial charge is 0.396 e. The summed E-state index contributed by atoms with van der Waals surface area (Å²) in [6.07, 6.45) is 7.96. The van der Waals surface area contributed by atoms with Crippen LogP contribution < -0.4 is 5.73 Å². The van der Waals surface area contributed by atoms with E-state index in [0.717, 1.165) is 12.8 Å². The lowest BCUT2D eigenvalue weighted by atomic mass is 10.2. The maximum Gasteiger partial charge on any atom is 0.244 e. The van der Waals surface area contributed by atoms with Crippen molar-refractivity contribution in [3.05, 3.63) is 12.4 Å². The Morgan fingerprint density at radius 3 is 2.88 bits per heavy atom. The molecule has 0 aliphatic heterocycles. The Labute approximate surface area is 95.2 Å². The van der Waals surface area contributed by atoms with Gasteiger partial charge >= 0.3 is 0 Å². The van der Waals surface area contributed by atoms with Gasteiger partial charge in [0.1, 0.15) is 6.54 Å². The van der Waals surface area contributed by atoms with Gasteiger partial charge in [-0.3, -0.25) is 9.48 Å². The van der Waals surface area contributed by atoms with Gasteiger partial charge in [0.15, 0.2) is 0 Å². The number of carbonyl (C=O) groups excluding carboxylic acids is 1. The number of rotatable bonds is 3. The molecule has 0 saturated heterocycles. The Balaban J connectivity index is 1.92. The number of carbonyl (C=O) groups is 1. The molecule has 0 radical (unpaired) electrons. The number of hydrogen-bond donors (Lipinski definition) is 1. The van der Waals surface area contributed by atoms with E-state index in [1.54, 1.807) is 17.1 Å². The van der Waals surface area contributed by atoms with Crippen LogP contribution in [0.4, 0.5) is 5.69 Å². The summed E-state index contributed by atoms with van der Waals surface area (Å²) >= 11 is 0. The molecule has 0 unspecified atom stereocenters.